The van der Waals surface area contributed by atoms with E-state index in [4.69, 9.17) is 23.7 Å². The van der Waals surface area contributed by atoms with E-state index < -0.39 is 5.91 Å². The normalized spacial score (nSPS) is 13.7. The van der Waals surface area contributed by atoms with E-state index in [1.807, 2.05) is 58.0 Å². The molecule has 1 atom stereocenters. The van der Waals surface area contributed by atoms with Crippen LogP contribution >= 0.6 is 0 Å². The summed E-state index contributed by atoms with van der Waals surface area (Å²) in [6.07, 6.45) is 3.97. The first-order valence-electron chi connectivity index (χ1n) is 19.5. The molecule has 1 aromatic heterocycles. The number of piperazine rings is 1. The number of ether oxygens (including phenoxy) is 5. The molecule has 0 spiro atoms. The third-order valence-electron chi connectivity index (χ3n) is 9.99. The molecule has 306 valence electrons. The van der Waals surface area contributed by atoms with Gasteiger partial charge in [0.05, 0.1) is 27.9 Å². The van der Waals surface area contributed by atoms with Gasteiger partial charge in [0, 0.05) is 74.9 Å². The van der Waals surface area contributed by atoms with E-state index in [1.165, 1.54) is 13.3 Å². The second kappa shape index (κ2) is 20.5. The first-order valence-corrected chi connectivity index (χ1v) is 19.5. The van der Waals surface area contributed by atoms with Crippen LogP contribution < -0.4 is 39.6 Å². The fourth-order valence-corrected chi connectivity index (χ4v) is 6.40. The third kappa shape index (κ3) is 11.7. The molecule has 0 unspecified atom stereocenters. The lowest BCUT2D eigenvalue weighted by atomic mass is 10.1. The number of aromatic nitrogens is 2. The van der Waals surface area contributed by atoms with Crippen LogP contribution in [0.1, 0.15) is 60.2 Å². The smallest absolute Gasteiger partial charge is 0.262 e. The molecule has 4 aromatic rings. The number of carbonyl (C=O) groups is 2. The number of aryl methyl sites for hydroxylation is 3. The monoisotopic (exact) mass is 783 g/mol. The summed E-state index contributed by atoms with van der Waals surface area (Å²) in [5.41, 5.74) is 4.07. The average Bonchev–Trinajstić information content (AvgIpc) is 3.20. The predicted molar refractivity (Wildman–Crippen MR) is 222 cm³/mol. The van der Waals surface area contributed by atoms with Crippen molar-refractivity contribution in [2.24, 2.45) is 0 Å². The van der Waals surface area contributed by atoms with E-state index >= 15 is 0 Å². The Kier molecular flexibility index (Phi) is 15.3. The minimum atomic E-state index is -0.449. The van der Waals surface area contributed by atoms with E-state index in [1.54, 1.807) is 32.4 Å². The topological polar surface area (TPSA) is 149 Å². The fourth-order valence-electron chi connectivity index (χ4n) is 6.40. The van der Waals surface area contributed by atoms with Gasteiger partial charge in [-0.25, -0.2) is 4.98 Å². The molecule has 1 fully saturated rings. The van der Waals surface area contributed by atoms with Crippen molar-refractivity contribution in [3.05, 3.63) is 77.0 Å². The number of hydrogen-bond acceptors (Lipinski definition) is 12. The van der Waals surface area contributed by atoms with Gasteiger partial charge in [-0.3, -0.25) is 9.59 Å². The molecule has 0 radical (unpaired) electrons. The van der Waals surface area contributed by atoms with Crippen LogP contribution in [-0.4, -0.2) is 105 Å². The van der Waals surface area contributed by atoms with E-state index in [0.717, 1.165) is 62.3 Å². The van der Waals surface area contributed by atoms with Crippen LogP contribution in [0.2, 0.25) is 0 Å². The SMILES string of the molecule is CC[C@@H](C)NC(=O)CCc1ccc(Oc2nc(Nc3cc(OC)c(OC)c(OCCCN4CCN(C)CC4)c3)ncc2C(=O)Nc2c(C)cccc2C)c(OC)c1. The second-order valence-electron chi connectivity index (χ2n) is 14.3. The predicted octanol–water partition coefficient (Wildman–Crippen LogP) is 6.77. The van der Waals surface area contributed by atoms with Crippen LogP contribution in [0.25, 0.3) is 0 Å². The van der Waals surface area contributed by atoms with Crippen molar-refractivity contribution in [1.29, 1.82) is 0 Å². The Balaban J connectivity index is 1.40. The summed E-state index contributed by atoms with van der Waals surface area (Å²) < 4.78 is 29.7. The zero-order chi connectivity index (χ0) is 40.9. The third-order valence-corrected chi connectivity index (χ3v) is 9.99. The van der Waals surface area contributed by atoms with Gasteiger partial charge in [0.2, 0.25) is 23.5 Å². The number of rotatable bonds is 19. The number of nitrogens with one attached hydrogen (secondary N) is 3. The molecule has 0 aliphatic carbocycles. The van der Waals surface area contributed by atoms with Gasteiger partial charge in [-0.2, -0.15) is 4.98 Å². The van der Waals surface area contributed by atoms with E-state index in [2.05, 4.69) is 42.8 Å². The highest BCUT2D eigenvalue weighted by molar-refractivity contribution is 6.06. The molecule has 14 nitrogen and oxygen atoms in total. The van der Waals surface area contributed by atoms with E-state index in [9.17, 15) is 9.59 Å². The standard InChI is InChI=1S/C43H57N7O7/c1-9-30(4)45-38(51)17-15-31-14-16-34(35(24-31)53-6)57-42-33(41(52)47-39-28(2)12-10-13-29(39)3)27-44-43(48-42)46-32-25-36(54-7)40(55-8)37(26-32)56-23-11-18-50-21-19-49(5)20-22-50/h10,12-14,16,24-27,30H,9,11,15,17-23H2,1-8H3,(H,45,51)(H,47,52)(H,44,46,48)/t30-/m1/s1. The van der Waals surface area contributed by atoms with Crippen LogP contribution in [0.4, 0.5) is 17.3 Å². The summed E-state index contributed by atoms with van der Waals surface area (Å²) in [4.78, 5) is 40.3. The first kappa shape index (κ1) is 42.5. The van der Waals surface area contributed by atoms with Gasteiger partial charge in [0.25, 0.3) is 5.91 Å². The number of likely N-dealkylation sites (N-methyl/N-ethyl adjacent to an activating group) is 1. The van der Waals surface area contributed by atoms with Gasteiger partial charge in [-0.15, -0.1) is 0 Å². The van der Waals surface area contributed by atoms with Gasteiger partial charge in [0.1, 0.15) is 5.56 Å². The second-order valence-corrected chi connectivity index (χ2v) is 14.3. The van der Waals surface area contributed by atoms with Gasteiger partial charge in [0.15, 0.2) is 23.0 Å². The minimum absolute atomic E-state index is 0.00363. The fraction of sp³-hybridized carbons (Fsp3) is 0.442. The number of methoxy groups -OCH3 is 3. The van der Waals surface area contributed by atoms with Gasteiger partial charge >= 0.3 is 0 Å². The molecule has 5 rings (SSSR count). The molecule has 0 bridgehead atoms. The summed E-state index contributed by atoms with van der Waals surface area (Å²) in [5, 5.41) is 9.24. The average molecular weight is 784 g/mol. The number of nitrogens with zero attached hydrogens (tertiary/aromatic N) is 4. The first-order chi connectivity index (χ1) is 27.5. The van der Waals surface area contributed by atoms with Gasteiger partial charge in [-0.05, 0) is 75.9 Å². The molecule has 3 N–H and O–H groups in total. The van der Waals surface area contributed by atoms with Crippen molar-refractivity contribution in [3.8, 4) is 34.6 Å². The largest absolute Gasteiger partial charge is 0.493 e. The summed E-state index contributed by atoms with van der Waals surface area (Å²) in [7, 11) is 6.81. The molecule has 57 heavy (non-hydrogen) atoms. The lowest BCUT2D eigenvalue weighted by Gasteiger charge is -2.32. The van der Waals surface area contributed by atoms with Crippen molar-refractivity contribution < 1.29 is 33.3 Å². The summed E-state index contributed by atoms with van der Waals surface area (Å²) in [6, 6.07) is 14.9. The van der Waals surface area contributed by atoms with Crippen LogP contribution in [0.15, 0.2) is 54.7 Å². The Morgan fingerprint density at radius 3 is 2.30 bits per heavy atom. The molecule has 14 heteroatoms. The Labute approximate surface area is 336 Å². The maximum absolute atomic E-state index is 13.9. The van der Waals surface area contributed by atoms with Crippen molar-refractivity contribution in [1.82, 2.24) is 25.1 Å². The summed E-state index contributed by atoms with van der Waals surface area (Å²) in [6.45, 7) is 13.5. The number of amides is 2. The number of carbonyl (C=O) groups excluding carboxylic acids is 2. The summed E-state index contributed by atoms with van der Waals surface area (Å²) in [5.74, 6) is 1.86. The zero-order valence-corrected chi connectivity index (χ0v) is 34.5. The molecule has 0 saturated carbocycles. The number of anilines is 3. The lowest BCUT2D eigenvalue weighted by Crippen LogP contribution is -2.44. The van der Waals surface area contributed by atoms with Crippen molar-refractivity contribution in [3.63, 3.8) is 0 Å². The van der Waals surface area contributed by atoms with Crippen LogP contribution in [-0.2, 0) is 11.2 Å². The molecular weight excluding hydrogens is 727 g/mol. The zero-order valence-electron chi connectivity index (χ0n) is 34.5. The Bertz CT molecular complexity index is 1960. The van der Waals surface area contributed by atoms with Crippen molar-refractivity contribution >= 4 is 29.1 Å². The Morgan fingerprint density at radius 2 is 1.61 bits per heavy atom. The van der Waals surface area contributed by atoms with E-state index in [-0.39, 0.29) is 29.3 Å². The molecule has 1 saturated heterocycles. The number of benzene rings is 3. The highest BCUT2D eigenvalue weighted by Gasteiger charge is 2.22. The Hall–Kier alpha value is -5.60. The maximum Gasteiger partial charge on any atom is 0.262 e. The van der Waals surface area contributed by atoms with Gasteiger partial charge in [-0.1, -0.05) is 31.2 Å². The van der Waals surface area contributed by atoms with E-state index in [0.29, 0.717) is 59.6 Å². The number of hydrogen-bond donors (Lipinski definition) is 3. The summed E-state index contributed by atoms with van der Waals surface area (Å²) >= 11 is 0. The molecule has 1 aliphatic heterocycles. The van der Waals surface area contributed by atoms with Crippen molar-refractivity contribution in [2.75, 3.05) is 78.3 Å². The quantitative estimate of drug-likeness (QED) is 0.0862. The van der Waals surface area contributed by atoms with Crippen molar-refractivity contribution in [2.45, 2.75) is 59.4 Å². The minimum Gasteiger partial charge on any atom is -0.493 e. The molecule has 1 aliphatic rings. The molecular formula is C43H57N7O7. The van der Waals surface area contributed by atoms with Gasteiger partial charge < -0.3 is 49.4 Å². The van der Waals surface area contributed by atoms with Crippen LogP contribution in [0, 0.1) is 13.8 Å². The van der Waals surface area contributed by atoms with Crippen LogP contribution in [0.5, 0.6) is 34.6 Å². The molecule has 3 aromatic carbocycles. The van der Waals surface area contributed by atoms with Crippen LogP contribution in [0.3, 0.4) is 0 Å². The highest BCUT2D eigenvalue weighted by Crippen LogP contribution is 2.41. The molecule has 2 heterocycles. The maximum atomic E-state index is 13.9. The lowest BCUT2D eigenvalue weighted by molar-refractivity contribution is -0.121. The highest BCUT2D eigenvalue weighted by atomic mass is 16.5. The molecule has 2 amide bonds. The number of para-hydroxylation sites is 1. The Morgan fingerprint density at radius 1 is 0.895 bits per heavy atom.